The van der Waals surface area contributed by atoms with Gasteiger partial charge in [0.05, 0.1) is 18.6 Å². The van der Waals surface area contributed by atoms with Crippen molar-refractivity contribution in [3.8, 4) is 11.5 Å². The number of carbonyl (C=O) groups excluding carboxylic acids is 1. The lowest BCUT2D eigenvalue weighted by Crippen LogP contribution is -2.15. The smallest absolute Gasteiger partial charge is 0.234 e. The first-order valence-corrected chi connectivity index (χ1v) is 11.2. The van der Waals surface area contributed by atoms with Crippen LogP contribution < -0.4 is 14.8 Å². The zero-order valence-corrected chi connectivity index (χ0v) is 19.7. The first-order valence-electron chi connectivity index (χ1n) is 10.2. The number of anilines is 1. The highest BCUT2D eigenvalue weighted by molar-refractivity contribution is 7.99. The number of nitrogens with zero attached hydrogens (tertiary/aromatic N) is 3. The fourth-order valence-corrected chi connectivity index (χ4v) is 4.01. The van der Waals surface area contributed by atoms with E-state index in [0.717, 1.165) is 22.4 Å². The molecular weight excluding hydrogens is 424 g/mol. The number of methoxy groups -OCH3 is 1. The van der Waals surface area contributed by atoms with E-state index >= 15 is 0 Å². The summed E-state index contributed by atoms with van der Waals surface area (Å²) in [5.74, 6) is 2.11. The van der Waals surface area contributed by atoms with Crippen LogP contribution in [-0.2, 0) is 17.9 Å². The molecular formula is C24H28N4O3S. The van der Waals surface area contributed by atoms with Crippen molar-refractivity contribution in [2.24, 2.45) is 0 Å². The molecule has 0 atom stereocenters. The van der Waals surface area contributed by atoms with Crippen LogP contribution in [0.1, 0.15) is 22.5 Å². The van der Waals surface area contributed by atoms with Crippen LogP contribution in [0.2, 0.25) is 0 Å². The average Bonchev–Trinajstić information content (AvgIpc) is 3.12. The average molecular weight is 453 g/mol. The maximum atomic E-state index is 12.5. The molecule has 0 aliphatic carbocycles. The van der Waals surface area contributed by atoms with Crippen LogP contribution in [0.3, 0.4) is 0 Å². The van der Waals surface area contributed by atoms with Crippen molar-refractivity contribution in [3.63, 3.8) is 0 Å². The number of benzene rings is 2. The number of nitrogens with one attached hydrogen (secondary N) is 1. The zero-order chi connectivity index (χ0) is 23.1. The van der Waals surface area contributed by atoms with Gasteiger partial charge in [0.15, 0.2) is 11.0 Å². The van der Waals surface area contributed by atoms with Crippen LogP contribution in [-0.4, -0.2) is 33.5 Å². The van der Waals surface area contributed by atoms with Crippen LogP contribution in [0.5, 0.6) is 11.5 Å². The van der Waals surface area contributed by atoms with Crippen molar-refractivity contribution >= 4 is 23.4 Å². The van der Waals surface area contributed by atoms with E-state index in [1.807, 2.05) is 55.7 Å². The molecule has 0 saturated carbocycles. The van der Waals surface area contributed by atoms with Gasteiger partial charge < -0.3 is 14.8 Å². The Kier molecular flexibility index (Phi) is 7.94. The van der Waals surface area contributed by atoms with E-state index in [4.69, 9.17) is 9.47 Å². The Morgan fingerprint density at radius 2 is 1.88 bits per heavy atom. The molecule has 0 aliphatic heterocycles. The summed E-state index contributed by atoms with van der Waals surface area (Å²) in [7, 11) is 1.58. The van der Waals surface area contributed by atoms with Gasteiger partial charge in [-0.1, -0.05) is 30.0 Å². The van der Waals surface area contributed by atoms with E-state index in [1.54, 1.807) is 13.2 Å². The van der Waals surface area contributed by atoms with Gasteiger partial charge in [-0.3, -0.25) is 9.36 Å². The van der Waals surface area contributed by atoms with Crippen molar-refractivity contribution in [1.29, 1.82) is 0 Å². The number of ether oxygens (including phenoxy) is 2. The Morgan fingerprint density at radius 1 is 1.12 bits per heavy atom. The predicted molar refractivity (Wildman–Crippen MR) is 128 cm³/mol. The van der Waals surface area contributed by atoms with Crippen molar-refractivity contribution in [2.45, 2.75) is 39.1 Å². The molecule has 1 aromatic heterocycles. The van der Waals surface area contributed by atoms with Crippen LogP contribution >= 0.6 is 11.8 Å². The van der Waals surface area contributed by atoms with Crippen molar-refractivity contribution in [3.05, 3.63) is 71.6 Å². The molecule has 0 radical (unpaired) electrons. The van der Waals surface area contributed by atoms with Crippen LogP contribution in [0.4, 0.5) is 5.69 Å². The summed E-state index contributed by atoms with van der Waals surface area (Å²) in [5.41, 5.74) is 3.96. The Balaban J connectivity index is 1.65. The van der Waals surface area contributed by atoms with Gasteiger partial charge in [-0.25, -0.2) is 0 Å². The Bertz CT molecular complexity index is 1090. The molecule has 2 aromatic carbocycles. The van der Waals surface area contributed by atoms with Gasteiger partial charge >= 0.3 is 0 Å². The highest BCUT2D eigenvalue weighted by atomic mass is 32.2. The molecule has 0 spiro atoms. The second kappa shape index (κ2) is 10.9. The fraction of sp³-hybridized carbons (Fsp3) is 0.292. The fourth-order valence-electron chi connectivity index (χ4n) is 3.25. The third-order valence-electron chi connectivity index (χ3n) is 4.63. The molecule has 1 N–H and O–H groups in total. The summed E-state index contributed by atoms with van der Waals surface area (Å²) >= 11 is 1.31. The lowest BCUT2D eigenvalue weighted by Gasteiger charge is -2.12. The van der Waals surface area contributed by atoms with Crippen molar-refractivity contribution < 1.29 is 14.3 Å². The van der Waals surface area contributed by atoms with E-state index < -0.39 is 0 Å². The van der Waals surface area contributed by atoms with Crippen molar-refractivity contribution in [2.75, 3.05) is 18.2 Å². The molecule has 0 unspecified atom stereocenters. The molecule has 0 bridgehead atoms. The molecule has 8 heteroatoms. The Labute approximate surface area is 192 Å². The second-order valence-corrected chi connectivity index (χ2v) is 8.39. The predicted octanol–water partition coefficient (Wildman–Crippen LogP) is 4.71. The molecule has 0 fully saturated rings. The van der Waals surface area contributed by atoms with Gasteiger partial charge in [0.1, 0.15) is 18.1 Å². The number of hydrogen-bond donors (Lipinski definition) is 1. The highest BCUT2D eigenvalue weighted by Crippen LogP contribution is 2.26. The van der Waals surface area contributed by atoms with E-state index in [-0.39, 0.29) is 18.3 Å². The van der Waals surface area contributed by atoms with E-state index in [0.29, 0.717) is 29.0 Å². The minimum absolute atomic E-state index is 0.153. The SMILES string of the molecule is C=CCn1c(COc2cc(C)cc(C)c2)nnc1SCC(=O)Nc1cc(C)ccc1OC. The molecule has 32 heavy (non-hydrogen) atoms. The molecule has 3 aromatic rings. The maximum absolute atomic E-state index is 12.5. The molecule has 0 aliphatic rings. The number of aryl methyl sites for hydroxylation is 3. The summed E-state index contributed by atoms with van der Waals surface area (Å²) in [6.07, 6.45) is 1.77. The Hall–Kier alpha value is -3.26. The minimum atomic E-state index is -0.153. The summed E-state index contributed by atoms with van der Waals surface area (Å²) in [6, 6.07) is 11.7. The summed E-state index contributed by atoms with van der Waals surface area (Å²) in [4.78, 5) is 12.5. The van der Waals surface area contributed by atoms with E-state index in [9.17, 15) is 4.79 Å². The van der Waals surface area contributed by atoms with E-state index in [1.165, 1.54) is 11.8 Å². The van der Waals surface area contributed by atoms with Crippen LogP contribution in [0.15, 0.2) is 54.2 Å². The number of allylic oxidation sites excluding steroid dienone is 1. The second-order valence-electron chi connectivity index (χ2n) is 7.45. The zero-order valence-electron chi connectivity index (χ0n) is 18.8. The number of thioether (sulfide) groups is 1. The minimum Gasteiger partial charge on any atom is -0.495 e. The monoisotopic (exact) mass is 452 g/mol. The lowest BCUT2D eigenvalue weighted by molar-refractivity contribution is -0.113. The number of carbonyl (C=O) groups is 1. The third-order valence-corrected chi connectivity index (χ3v) is 5.60. The number of amides is 1. The first-order chi connectivity index (χ1) is 15.4. The van der Waals surface area contributed by atoms with Crippen LogP contribution in [0, 0.1) is 20.8 Å². The first kappa shape index (κ1) is 23.4. The number of hydrogen-bond acceptors (Lipinski definition) is 6. The lowest BCUT2D eigenvalue weighted by atomic mass is 10.1. The van der Waals surface area contributed by atoms with Crippen LogP contribution in [0.25, 0.3) is 0 Å². The van der Waals surface area contributed by atoms with Gasteiger partial charge in [-0.2, -0.15) is 0 Å². The molecule has 3 rings (SSSR count). The van der Waals surface area contributed by atoms with Gasteiger partial charge in [-0.15, -0.1) is 16.8 Å². The number of aromatic nitrogens is 3. The third kappa shape index (κ3) is 6.13. The summed E-state index contributed by atoms with van der Waals surface area (Å²) in [6.45, 7) is 10.6. The molecule has 168 valence electrons. The van der Waals surface area contributed by atoms with Gasteiger partial charge in [0.2, 0.25) is 5.91 Å². The Morgan fingerprint density at radius 3 is 2.56 bits per heavy atom. The molecule has 1 heterocycles. The summed E-state index contributed by atoms with van der Waals surface area (Å²) in [5, 5.41) is 12.1. The largest absolute Gasteiger partial charge is 0.495 e. The maximum Gasteiger partial charge on any atom is 0.234 e. The number of rotatable bonds is 10. The normalized spacial score (nSPS) is 10.6. The quantitative estimate of drug-likeness (QED) is 0.355. The summed E-state index contributed by atoms with van der Waals surface area (Å²) < 4.78 is 13.2. The molecule has 0 saturated heterocycles. The van der Waals surface area contributed by atoms with Gasteiger partial charge in [-0.05, 0) is 61.7 Å². The van der Waals surface area contributed by atoms with Crippen molar-refractivity contribution in [1.82, 2.24) is 14.8 Å². The standard InChI is InChI=1S/C24H28N4O3S/c1-6-9-28-22(14-31-19-11-17(3)10-18(4)12-19)26-27-24(28)32-15-23(29)25-20-13-16(2)7-8-21(20)30-5/h6-8,10-13H,1,9,14-15H2,2-5H3,(H,25,29). The van der Waals surface area contributed by atoms with E-state index in [2.05, 4.69) is 28.2 Å². The van der Waals surface area contributed by atoms with Gasteiger partial charge in [0.25, 0.3) is 0 Å². The molecule has 1 amide bonds. The highest BCUT2D eigenvalue weighted by Gasteiger charge is 2.15. The molecule has 7 nitrogen and oxygen atoms in total. The topological polar surface area (TPSA) is 78.3 Å². The van der Waals surface area contributed by atoms with Gasteiger partial charge in [0, 0.05) is 6.54 Å².